The topological polar surface area (TPSA) is 99.1 Å². The fourth-order valence-electron chi connectivity index (χ4n) is 3.11. The van der Waals surface area contributed by atoms with E-state index in [1.165, 1.54) is 12.1 Å². The zero-order valence-corrected chi connectivity index (χ0v) is 18.2. The van der Waals surface area contributed by atoms with E-state index < -0.39 is 0 Å². The van der Waals surface area contributed by atoms with Gasteiger partial charge >= 0.3 is 5.97 Å². The van der Waals surface area contributed by atoms with Crippen LogP contribution in [0.25, 0.3) is 22.4 Å². The summed E-state index contributed by atoms with van der Waals surface area (Å²) in [4.78, 5) is 29.8. The Labute approximate surface area is 189 Å². The van der Waals surface area contributed by atoms with Crippen LogP contribution in [0, 0.1) is 5.82 Å². The molecule has 2 heterocycles. The van der Waals surface area contributed by atoms with Crippen LogP contribution in [0.4, 0.5) is 10.3 Å². The summed E-state index contributed by atoms with van der Waals surface area (Å²) in [6, 6.07) is 13.1. The third-order valence-electron chi connectivity index (χ3n) is 4.71. The summed E-state index contributed by atoms with van der Waals surface area (Å²) in [6.07, 6.45) is 1.61. The molecule has 4 aromatic rings. The second-order valence-corrected chi connectivity index (χ2v) is 6.99. The predicted octanol–water partition coefficient (Wildman–Crippen LogP) is 4.41. The lowest BCUT2D eigenvalue weighted by molar-refractivity contribution is 0.0526. The normalized spacial score (nSPS) is 10.8. The van der Waals surface area contributed by atoms with Gasteiger partial charge in [-0.1, -0.05) is 24.3 Å². The number of esters is 1. The Morgan fingerprint density at radius 2 is 1.73 bits per heavy atom. The van der Waals surface area contributed by atoms with Crippen molar-refractivity contribution < 1.29 is 18.7 Å². The summed E-state index contributed by atoms with van der Waals surface area (Å²) in [7, 11) is 0. The average Bonchev–Trinajstić information content (AvgIpc) is 2.84. The van der Waals surface area contributed by atoms with Crippen molar-refractivity contribution in [2.75, 3.05) is 18.5 Å². The smallest absolute Gasteiger partial charge is 0.338 e. The van der Waals surface area contributed by atoms with Gasteiger partial charge in [0.15, 0.2) is 11.2 Å². The zero-order valence-electron chi connectivity index (χ0n) is 18.2. The van der Waals surface area contributed by atoms with Gasteiger partial charge in [-0.05, 0) is 43.7 Å². The molecule has 0 spiro atoms. The molecule has 8 nitrogen and oxygen atoms in total. The number of rotatable bonds is 8. The molecule has 0 saturated heterocycles. The Hall–Kier alpha value is -4.14. The number of hydrogen-bond donors (Lipinski definition) is 1. The highest BCUT2D eigenvalue weighted by Gasteiger charge is 2.14. The SMILES string of the molecule is CCOC(=O)c1ccc(-c2cnc3nc(NCc4ccc(F)cc4)nc(OCC)c3n2)cc1. The third-order valence-corrected chi connectivity index (χ3v) is 4.71. The maximum absolute atomic E-state index is 13.1. The second kappa shape index (κ2) is 9.99. The van der Waals surface area contributed by atoms with Crippen LogP contribution in [-0.4, -0.2) is 39.1 Å². The van der Waals surface area contributed by atoms with E-state index in [2.05, 4.69) is 25.3 Å². The minimum Gasteiger partial charge on any atom is -0.476 e. The molecule has 2 aromatic carbocycles. The molecular formula is C24H22FN5O3. The lowest BCUT2D eigenvalue weighted by Gasteiger charge is -2.10. The van der Waals surface area contributed by atoms with Crippen LogP contribution in [0.5, 0.6) is 5.88 Å². The number of ether oxygens (including phenoxy) is 2. The number of nitrogens with one attached hydrogen (secondary N) is 1. The number of hydrogen-bond acceptors (Lipinski definition) is 8. The van der Waals surface area contributed by atoms with Crippen molar-refractivity contribution >= 4 is 23.1 Å². The summed E-state index contributed by atoms with van der Waals surface area (Å²) in [5, 5.41) is 3.11. The van der Waals surface area contributed by atoms with Crippen molar-refractivity contribution in [3.05, 3.63) is 71.7 Å². The molecular weight excluding hydrogens is 425 g/mol. The summed E-state index contributed by atoms with van der Waals surface area (Å²) < 4.78 is 23.8. The van der Waals surface area contributed by atoms with Crippen LogP contribution < -0.4 is 10.1 Å². The van der Waals surface area contributed by atoms with Crippen LogP contribution in [0.15, 0.2) is 54.7 Å². The molecule has 1 N–H and O–H groups in total. The molecule has 0 fully saturated rings. The van der Waals surface area contributed by atoms with Crippen molar-refractivity contribution in [3.63, 3.8) is 0 Å². The van der Waals surface area contributed by atoms with E-state index in [9.17, 15) is 9.18 Å². The summed E-state index contributed by atoms with van der Waals surface area (Å²) >= 11 is 0. The van der Waals surface area contributed by atoms with E-state index >= 15 is 0 Å². The van der Waals surface area contributed by atoms with E-state index in [-0.39, 0.29) is 11.8 Å². The van der Waals surface area contributed by atoms with E-state index in [1.54, 1.807) is 49.5 Å². The highest BCUT2D eigenvalue weighted by Crippen LogP contribution is 2.25. The standard InChI is InChI=1S/C24H22FN5O3/c1-3-32-22-20-21(29-24(30-22)27-13-15-5-11-18(25)12-6-15)26-14-19(28-20)16-7-9-17(10-8-16)23(31)33-4-2/h5-12,14H,3-4,13H2,1-2H3,(H,26,27,29,30). The van der Waals surface area contributed by atoms with Gasteiger partial charge in [0.25, 0.3) is 0 Å². The van der Waals surface area contributed by atoms with Crippen molar-refractivity contribution in [2.24, 2.45) is 0 Å². The van der Waals surface area contributed by atoms with Gasteiger partial charge in [-0.3, -0.25) is 0 Å². The van der Waals surface area contributed by atoms with Gasteiger partial charge in [0.2, 0.25) is 11.8 Å². The largest absolute Gasteiger partial charge is 0.476 e. The molecule has 0 unspecified atom stereocenters. The molecule has 2 aromatic heterocycles. The molecule has 0 saturated carbocycles. The zero-order chi connectivity index (χ0) is 23.2. The molecule has 0 aliphatic rings. The first-order valence-electron chi connectivity index (χ1n) is 10.5. The first kappa shape index (κ1) is 22.1. The molecule has 33 heavy (non-hydrogen) atoms. The number of aromatic nitrogens is 4. The minimum atomic E-state index is -0.374. The Balaban J connectivity index is 1.61. The predicted molar refractivity (Wildman–Crippen MR) is 121 cm³/mol. The van der Waals surface area contributed by atoms with Gasteiger partial charge in [0.1, 0.15) is 5.82 Å². The minimum absolute atomic E-state index is 0.291. The van der Waals surface area contributed by atoms with Crippen molar-refractivity contribution in [2.45, 2.75) is 20.4 Å². The molecule has 168 valence electrons. The molecule has 9 heteroatoms. The van der Waals surface area contributed by atoms with Gasteiger partial charge in [0.05, 0.1) is 30.7 Å². The Bertz CT molecular complexity index is 1260. The number of carbonyl (C=O) groups is 1. The molecule has 0 atom stereocenters. The maximum Gasteiger partial charge on any atom is 0.338 e. The average molecular weight is 447 g/mol. The number of halogens is 1. The Morgan fingerprint density at radius 1 is 0.970 bits per heavy atom. The number of carbonyl (C=O) groups excluding carboxylic acids is 1. The molecule has 0 aliphatic carbocycles. The van der Waals surface area contributed by atoms with Crippen molar-refractivity contribution in [1.29, 1.82) is 0 Å². The number of nitrogens with zero attached hydrogens (tertiary/aromatic N) is 4. The number of anilines is 1. The van der Waals surface area contributed by atoms with Crippen LogP contribution in [0.2, 0.25) is 0 Å². The molecule has 0 amide bonds. The Kier molecular flexibility index (Phi) is 6.68. The molecule has 0 radical (unpaired) electrons. The van der Waals surface area contributed by atoms with Gasteiger partial charge in [-0.2, -0.15) is 9.97 Å². The first-order valence-corrected chi connectivity index (χ1v) is 10.5. The first-order chi connectivity index (χ1) is 16.1. The summed E-state index contributed by atoms with van der Waals surface area (Å²) in [6.45, 7) is 4.74. The van der Waals surface area contributed by atoms with Crippen LogP contribution in [0.3, 0.4) is 0 Å². The number of benzene rings is 2. The van der Waals surface area contributed by atoms with Crippen molar-refractivity contribution in [3.8, 4) is 17.1 Å². The molecule has 0 aliphatic heterocycles. The fraction of sp³-hybridized carbons (Fsp3) is 0.208. The highest BCUT2D eigenvalue weighted by atomic mass is 19.1. The van der Waals surface area contributed by atoms with Gasteiger partial charge in [0, 0.05) is 12.1 Å². The van der Waals surface area contributed by atoms with Gasteiger partial charge in [-0.25, -0.2) is 19.2 Å². The fourth-order valence-corrected chi connectivity index (χ4v) is 3.11. The quantitative estimate of drug-likeness (QED) is 0.397. The summed E-state index contributed by atoms with van der Waals surface area (Å²) in [5.74, 6) is -0.0278. The van der Waals surface area contributed by atoms with E-state index in [1.807, 2.05) is 6.92 Å². The van der Waals surface area contributed by atoms with E-state index in [0.29, 0.717) is 54.0 Å². The van der Waals surface area contributed by atoms with Crippen LogP contribution in [0.1, 0.15) is 29.8 Å². The van der Waals surface area contributed by atoms with Crippen LogP contribution in [-0.2, 0) is 11.3 Å². The van der Waals surface area contributed by atoms with Crippen LogP contribution >= 0.6 is 0 Å². The molecule has 0 bridgehead atoms. The second-order valence-electron chi connectivity index (χ2n) is 6.99. The lowest BCUT2D eigenvalue weighted by Crippen LogP contribution is -2.07. The van der Waals surface area contributed by atoms with E-state index in [4.69, 9.17) is 9.47 Å². The Morgan fingerprint density at radius 3 is 2.42 bits per heavy atom. The maximum atomic E-state index is 13.1. The van der Waals surface area contributed by atoms with Gasteiger partial charge in [-0.15, -0.1) is 0 Å². The third kappa shape index (κ3) is 5.20. The van der Waals surface area contributed by atoms with E-state index in [0.717, 1.165) is 11.1 Å². The number of fused-ring (bicyclic) bond motifs is 1. The summed E-state index contributed by atoms with van der Waals surface area (Å²) in [5.41, 5.74) is 3.52. The highest BCUT2D eigenvalue weighted by molar-refractivity contribution is 5.90. The lowest BCUT2D eigenvalue weighted by atomic mass is 10.1. The van der Waals surface area contributed by atoms with Gasteiger partial charge < -0.3 is 14.8 Å². The molecule has 4 rings (SSSR count). The van der Waals surface area contributed by atoms with Crippen molar-refractivity contribution in [1.82, 2.24) is 19.9 Å². The monoisotopic (exact) mass is 447 g/mol.